The van der Waals surface area contributed by atoms with Crippen molar-refractivity contribution in [1.29, 1.82) is 0 Å². The van der Waals surface area contributed by atoms with E-state index in [4.69, 9.17) is 11.6 Å². The summed E-state index contributed by atoms with van der Waals surface area (Å²) in [5, 5.41) is 0.434. The van der Waals surface area contributed by atoms with Crippen molar-refractivity contribution in [3.63, 3.8) is 0 Å². The average molecular weight is 401 g/mol. The molecular formula is C20H33ClN2O2S. The number of halogens is 1. The maximum Gasteiger partial charge on any atom is 0.229 e. The highest BCUT2D eigenvalue weighted by molar-refractivity contribution is 7.92. The van der Waals surface area contributed by atoms with Crippen LogP contribution in [0.15, 0.2) is 18.2 Å². The molecule has 0 amide bonds. The number of unbranched alkanes of at least 4 members (excludes halogenated alkanes) is 3. The molecule has 1 aromatic rings. The summed E-state index contributed by atoms with van der Waals surface area (Å²) in [6, 6.07) is 5.76. The molecule has 2 rings (SSSR count). The van der Waals surface area contributed by atoms with Gasteiger partial charge >= 0.3 is 0 Å². The van der Waals surface area contributed by atoms with Crippen LogP contribution in [-0.4, -0.2) is 39.2 Å². The topological polar surface area (TPSA) is 49.4 Å². The van der Waals surface area contributed by atoms with Crippen molar-refractivity contribution in [2.45, 2.75) is 58.3 Å². The summed E-state index contributed by atoms with van der Waals surface area (Å²) in [6.45, 7) is 10.2. The van der Waals surface area contributed by atoms with Crippen LogP contribution in [0.1, 0.15) is 58.4 Å². The Bertz CT molecular complexity index is 708. The first kappa shape index (κ1) is 21.5. The molecular weight excluding hydrogens is 368 g/mol. The number of sulfonamides is 1. The fourth-order valence-electron chi connectivity index (χ4n) is 3.87. The molecule has 1 saturated heterocycles. The van der Waals surface area contributed by atoms with E-state index in [2.05, 4.69) is 30.4 Å². The van der Waals surface area contributed by atoms with Gasteiger partial charge in [-0.2, -0.15) is 0 Å². The highest BCUT2D eigenvalue weighted by atomic mass is 35.5. The largest absolute Gasteiger partial charge is 0.303 e. The molecule has 1 aromatic carbocycles. The molecule has 148 valence electrons. The molecule has 0 bridgehead atoms. The first-order valence-corrected chi connectivity index (χ1v) is 11.9. The monoisotopic (exact) mass is 400 g/mol. The van der Waals surface area contributed by atoms with Crippen LogP contribution >= 0.6 is 11.6 Å². The van der Waals surface area contributed by atoms with Crippen LogP contribution in [0.4, 0.5) is 5.69 Å². The standard InChI is InChI=1S/C20H33ClN2O2S/c1-5-6-7-8-12-23-13-11-20(3,16(2)15-23)17-9-10-18(21)19(14-17)22-26(4,24)25/h9-10,14,16,22H,5-8,11-13,15H2,1-4H3/t16-,20-/m0/s1. The second-order valence-corrected chi connectivity index (χ2v) is 10.2. The fraction of sp³-hybridized carbons (Fsp3) is 0.700. The minimum Gasteiger partial charge on any atom is -0.303 e. The number of hydrogen-bond donors (Lipinski definition) is 1. The lowest BCUT2D eigenvalue weighted by Gasteiger charge is -2.45. The Kier molecular flexibility index (Phi) is 7.40. The van der Waals surface area contributed by atoms with E-state index in [0.717, 1.165) is 31.3 Å². The molecule has 0 unspecified atom stereocenters. The third kappa shape index (κ3) is 5.61. The number of piperidine rings is 1. The van der Waals surface area contributed by atoms with Gasteiger partial charge in [-0.3, -0.25) is 4.72 Å². The Hall–Kier alpha value is -0.780. The van der Waals surface area contributed by atoms with E-state index in [1.54, 1.807) is 6.07 Å². The number of nitrogens with zero attached hydrogens (tertiary/aromatic N) is 1. The van der Waals surface area contributed by atoms with E-state index in [1.165, 1.54) is 32.2 Å². The SMILES string of the molecule is CCCCCCN1CC[C@](C)(c2ccc(Cl)c(NS(C)(=O)=O)c2)[C@@H](C)C1. The van der Waals surface area contributed by atoms with Crippen molar-refractivity contribution in [1.82, 2.24) is 4.90 Å². The zero-order chi connectivity index (χ0) is 19.4. The van der Waals surface area contributed by atoms with Gasteiger partial charge in [-0.1, -0.05) is 57.7 Å². The van der Waals surface area contributed by atoms with E-state index in [-0.39, 0.29) is 5.41 Å². The molecule has 0 aromatic heterocycles. The highest BCUT2D eigenvalue weighted by Crippen LogP contribution is 2.41. The number of rotatable bonds is 8. The summed E-state index contributed by atoms with van der Waals surface area (Å²) >= 11 is 6.19. The highest BCUT2D eigenvalue weighted by Gasteiger charge is 2.38. The normalized spacial score (nSPS) is 24.6. The van der Waals surface area contributed by atoms with Crippen LogP contribution in [0.3, 0.4) is 0 Å². The van der Waals surface area contributed by atoms with Gasteiger partial charge in [0.15, 0.2) is 0 Å². The molecule has 1 fully saturated rings. The fourth-order valence-corrected chi connectivity index (χ4v) is 4.66. The van der Waals surface area contributed by atoms with Crippen LogP contribution in [0, 0.1) is 5.92 Å². The van der Waals surface area contributed by atoms with E-state index >= 15 is 0 Å². The molecule has 0 saturated carbocycles. The van der Waals surface area contributed by atoms with Crippen molar-refractivity contribution in [2.24, 2.45) is 5.92 Å². The molecule has 2 atom stereocenters. The molecule has 0 radical (unpaired) electrons. The zero-order valence-electron chi connectivity index (χ0n) is 16.5. The molecule has 1 aliphatic rings. The lowest BCUT2D eigenvalue weighted by atomic mass is 9.68. The van der Waals surface area contributed by atoms with Crippen LogP contribution in [0.25, 0.3) is 0 Å². The zero-order valence-corrected chi connectivity index (χ0v) is 18.1. The summed E-state index contributed by atoms with van der Waals surface area (Å²) < 4.78 is 25.7. The predicted molar refractivity (Wildman–Crippen MR) is 112 cm³/mol. The summed E-state index contributed by atoms with van der Waals surface area (Å²) in [5.74, 6) is 0.495. The summed E-state index contributed by atoms with van der Waals surface area (Å²) in [5.41, 5.74) is 1.66. The van der Waals surface area contributed by atoms with E-state index in [1.807, 2.05) is 12.1 Å². The van der Waals surface area contributed by atoms with Gasteiger partial charge in [0, 0.05) is 6.54 Å². The molecule has 0 spiro atoms. The van der Waals surface area contributed by atoms with Gasteiger partial charge < -0.3 is 4.90 Å². The third-order valence-electron chi connectivity index (χ3n) is 5.82. The van der Waals surface area contributed by atoms with Gasteiger partial charge in [0.05, 0.1) is 17.0 Å². The number of benzene rings is 1. The van der Waals surface area contributed by atoms with Crippen molar-refractivity contribution in [3.05, 3.63) is 28.8 Å². The first-order chi connectivity index (χ1) is 12.2. The predicted octanol–water partition coefficient (Wildman–Crippen LogP) is 4.89. The average Bonchev–Trinajstić information content (AvgIpc) is 2.55. The smallest absolute Gasteiger partial charge is 0.229 e. The van der Waals surface area contributed by atoms with Gasteiger partial charge in [-0.25, -0.2) is 8.42 Å². The third-order valence-corrected chi connectivity index (χ3v) is 6.74. The van der Waals surface area contributed by atoms with Crippen LogP contribution < -0.4 is 4.72 Å². The first-order valence-electron chi connectivity index (χ1n) is 9.66. The van der Waals surface area contributed by atoms with Gasteiger partial charge in [-0.15, -0.1) is 0 Å². The molecule has 6 heteroatoms. The number of likely N-dealkylation sites (tertiary alicyclic amines) is 1. The van der Waals surface area contributed by atoms with Crippen molar-refractivity contribution >= 4 is 27.3 Å². The maximum absolute atomic E-state index is 11.6. The summed E-state index contributed by atoms with van der Waals surface area (Å²) in [7, 11) is -3.35. The molecule has 26 heavy (non-hydrogen) atoms. The van der Waals surface area contributed by atoms with Gasteiger partial charge in [0.2, 0.25) is 10.0 Å². The van der Waals surface area contributed by atoms with Crippen LogP contribution in [0.5, 0.6) is 0 Å². The minimum atomic E-state index is -3.35. The Morgan fingerprint density at radius 2 is 2.04 bits per heavy atom. The van der Waals surface area contributed by atoms with E-state index in [9.17, 15) is 8.42 Å². The number of nitrogens with one attached hydrogen (secondary N) is 1. The van der Waals surface area contributed by atoms with Crippen molar-refractivity contribution in [3.8, 4) is 0 Å². The summed E-state index contributed by atoms with van der Waals surface area (Å²) in [6.07, 6.45) is 7.41. The lowest BCUT2D eigenvalue weighted by Crippen LogP contribution is -2.47. The van der Waals surface area contributed by atoms with Crippen LogP contribution in [-0.2, 0) is 15.4 Å². The Labute approximate surface area is 164 Å². The second kappa shape index (κ2) is 8.94. The summed E-state index contributed by atoms with van der Waals surface area (Å²) in [4.78, 5) is 2.58. The molecule has 1 aliphatic heterocycles. The Morgan fingerprint density at radius 3 is 2.65 bits per heavy atom. The van der Waals surface area contributed by atoms with Gasteiger partial charge in [-0.05, 0) is 55.0 Å². The van der Waals surface area contributed by atoms with E-state index in [0.29, 0.717) is 16.6 Å². The second-order valence-electron chi connectivity index (χ2n) is 8.00. The Balaban J connectivity index is 2.10. The molecule has 1 heterocycles. The molecule has 4 nitrogen and oxygen atoms in total. The van der Waals surface area contributed by atoms with Crippen molar-refractivity contribution < 1.29 is 8.42 Å². The van der Waals surface area contributed by atoms with Crippen molar-refractivity contribution in [2.75, 3.05) is 30.6 Å². The number of hydrogen-bond acceptors (Lipinski definition) is 3. The number of anilines is 1. The molecule has 1 N–H and O–H groups in total. The lowest BCUT2D eigenvalue weighted by molar-refractivity contribution is 0.109. The van der Waals surface area contributed by atoms with Gasteiger partial charge in [0.25, 0.3) is 0 Å². The van der Waals surface area contributed by atoms with Crippen LogP contribution in [0.2, 0.25) is 5.02 Å². The maximum atomic E-state index is 11.6. The Morgan fingerprint density at radius 1 is 1.31 bits per heavy atom. The molecule has 0 aliphatic carbocycles. The minimum absolute atomic E-state index is 0.0262. The van der Waals surface area contributed by atoms with Gasteiger partial charge in [0.1, 0.15) is 0 Å². The quantitative estimate of drug-likeness (QED) is 0.632. The van der Waals surface area contributed by atoms with E-state index < -0.39 is 10.0 Å².